The van der Waals surface area contributed by atoms with Crippen molar-refractivity contribution in [1.29, 1.82) is 0 Å². The van der Waals surface area contributed by atoms with E-state index in [0.717, 1.165) is 3.57 Å². The maximum atomic E-state index is 12.4. The molecule has 0 saturated heterocycles. The summed E-state index contributed by atoms with van der Waals surface area (Å²) < 4.78 is 11.2. The highest BCUT2D eigenvalue weighted by atomic mass is 127. The van der Waals surface area contributed by atoms with E-state index >= 15 is 0 Å². The molecule has 0 saturated carbocycles. The zero-order valence-electron chi connectivity index (χ0n) is 11.7. The SMILES string of the molecule is COc1cc(OC)c(NC(=O)c2cc(Cl)ccc2I)cc1Cl. The van der Waals surface area contributed by atoms with Crippen LogP contribution in [0.25, 0.3) is 0 Å². The van der Waals surface area contributed by atoms with Gasteiger partial charge in [0.1, 0.15) is 11.5 Å². The molecule has 1 N–H and O–H groups in total. The number of ether oxygens (including phenoxy) is 2. The molecule has 7 heteroatoms. The Bertz CT molecular complexity index is 722. The topological polar surface area (TPSA) is 47.6 Å². The second-order valence-electron chi connectivity index (χ2n) is 4.27. The summed E-state index contributed by atoms with van der Waals surface area (Å²) in [6.07, 6.45) is 0. The molecule has 0 aliphatic heterocycles. The standard InChI is InChI=1S/C15H12Cl2INO3/c1-21-13-7-14(22-2)12(6-10(13)17)19-15(20)9-5-8(16)3-4-11(9)18/h3-7H,1-2H3,(H,19,20). The van der Waals surface area contributed by atoms with E-state index in [1.165, 1.54) is 14.2 Å². The lowest BCUT2D eigenvalue weighted by Gasteiger charge is -2.13. The van der Waals surface area contributed by atoms with E-state index in [1.54, 1.807) is 30.3 Å². The number of benzene rings is 2. The molecule has 0 atom stereocenters. The van der Waals surface area contributed by atoms with Gasteiger partial charge in [-0.15, -0.1) is 0 Å². The lowest BCUT2D eigenvalue weighted by molar-refractivity contribution is 0.102. The van der Waals surface area contributed by atoms with Crippen molar-refractivity contribution in [3.05, 3.63) is 49.5 Å². The molecule has 2 aromatic carbocycles. The van der Waals surface area contributed by atoms with Crippen LogP contribution < -0.4 is 14.8 Å². The van der Waals surface area contributed by atoms with Crippen LogP contribution in [0.4, 0.5) is 5.69 Å². The van der Waals surface area contributed by atoms with Gasteiger partial charge in [-0.3, -0.25) is 4.79 Å². The lowest BCUT2D eigenvalue weighted by atomic mass is 10.2. The Balaban J connectivity index is 2.36. The second kappa shape index (κ2) is 7.39. The number of amides is 1. The highest BCUT2D eigenvalue weighted by molar-refractivity contribution is 14.1. The highest BCUT2D eigenvalue weighted by Gasteiger charge is 2.15. The van der Waals surface area contributed by atoms with Gasteiger partial charge in [0.15, 0.2) is 0 Å². The fourth-order valence-electron chi connectivity index (χ4n) is 1.82. The Morgan fingerprint density at radius 1 is 1.09 bits per heavy atom. The molecule has 116 valence electrons. The number of nitrogens with one attached hydrogen (secondary N) is 1. The van der Waals surface area contributed by atoms with Crippen LogP contribution in [0.3, 0.4) is 0 Å². The van der Waals surface area contributed by atoms with Crippen LogP contribution in [0, 0.1) is 3.57 Å². The molecule has 0 heterocycles. The van der Waals surface area contributed by atoms with Gasteiger partial charge in [0, 0.05) is 14.7 Å². The maximum Gasteiger partial charge on any atom is 0.256 e. The van der Waals surface area contributed by atoms with E-state index in [0.29, 0.717) is 32.8 Å². The summed E-state index contributed by atoms with van der Waals surface area (Å²) in [5, 5.41) is 3.64. The van der Waals surface area contributed by atoms with Crippen LogP contribution in [-0.4, -0.2) is 20.1 Å². The van der Waals surface area contributed by atoms with Crippen LogP contribution in [0.2, 0.25) is 10.0 Å². The quantitative estimate of drug-likeness (QED) is 0.674. The van der Waals surface area contributed by atoms with Crippen LogP contribution in [0.1, 0.15) is 10.4 Å². The van der Waals surface area contributed by atoms with E-state index in [9.17, 15) is 4.79 Å². The fraction of sp³-hybridized carbons (Fsp3) is 0.133. The van der Waals surface area contributed by atoms with Gasteiger partial charge in [-0.2, -0.15) is 0 Å². The fourth-order valence-corrected chi connectivity index (χ4v) is 2.81. The van der Waals surface area contributed by atoms with Crippen molar-refractivity contribution in [2.45, 2.75) is 0 Å². The van der Waals surface area contributed by atoms with Crippen molar-refractivity contribution >= 4 is 57.4 Å². The molecule has 4 nitrogen and oxygen atoms in total. The van der Waals surface area contributed by atoms with E-state index in [-0.39, 0.29) is 5.91 Å². The van der Waals surface area contributed by atoms with Gasteiger partial charge in [-0.1, -0.05) is 23.2 Å². The molecule has 1 amide bonds. The number of halogens is 3. The van der Waals surface area contributed by atoms with E-state index in [1.807, 2.05) is 0 Å². The Kier molecular flexibility index (Phi) is 5.77. The van der Waals surface area contributed by atoms with E-state index in [2.05, 4.69) is 27.9 Å². The molecule has 0 radical (unpaired) electrons. The number of hydrogen-bond donors (Lipinski definition) is 1. The molecule has 0 aromatic heterocycles. The predicted molar refractivity (Wildman–Crippen MR) is 96.7 cm³/mol. The van der Waals surface area contributed by atoms with E-state index in [4.69, 9.17) is 32.7 Å². The van der Waals surface area contributed by atoms with Crippen molar-refractivity contribution in [3.63, 3.8) is 0 Å². The molecular formula is C15H12Cl2INO3. The van der Waals surface area contributed by atoms with Crippen LogP contribution >= 0.6 is 45.8 Å². The maximum absolute atomic E-state index is 12.4. The minimum atomic E-state index is -0.300. The van der Waals surface area contributed by atoms with Crippen LogP contribution in [-0.2, 0) is 0 Å². The number of methoxy groups -OCH3 is 2. The molecular weight excluding hydrogens is 440 g/mol. The molecule has 0 unspecified atom stereocenters. The molecule has 0 aliphatic rings. The summed E-state index contributed by atoms with van der Waals surface area (Å²) in [4.78, 5) is 12.4. The van der Waals surface area contributed by atoms with Crippen molar-refractivity contribution in [3.8, 4) is 11.5 Å². The molecule has 22 heavy (non-hydrogen) atoms. The summed E-state index contributed by atoms with van der Waals surface area (Å²) in [7, 11) is 3.01. The normalized spacial score (nSPS) is 10.2. The van der Waals surface area contributed by atoms with E-state index < -0.39 is 0 Å². The van der Waals surface area contributed by atoms with Gasteiger partial charge >= 0.3 is 0 Å². The monoisotopic (exact) mass is 451 g/mol. The third kappa shape index (κ3) is 3.77. The Labute approximate surface area is 151 Å². The molecule has 0 spiro atoms. The number of rotatable bonds is 4. The molecule has 2 aromatic rings. The van der Waals surface area contributed by atoms with Crippen molar-refractivity contribution in [2.24, 2.45) is 0 Å². The summed E-state index contributed by atoms with van der Waals surface area (Å²) in [5.41, 5.74) is 0.927. The first-order chi connectivity index (χ1) is 10.5. The highest BCUT2D eigenvalue weighted by Crippen LogP contribution is 2.36. The predicted octanol–water partition coefficient (Wildman–Crippen LogP) is 4.87. The van der Waals surface area contributed by atoms with Crippen molar-refractivity contribution in [2.75, 3.05) is 19.5 Å². The number of anilines is 1. The molecule has 0 fully saturated rings. The van der Waals surface area contributed by atoms with Crippen LogP contribution in [0.15, 0.2) is 30.3 Å². The zero-order valence-corrected chi connectivity index (χ0v) is 15.4. The average molecular weight is 452 g/mol. The smallest absolute Gasteiger partial charge is 0.256 e. The van der Waals surface area contributed by atoms with Gasteiger partial charge in [-0.05, 0) is 46.9 Å². The minimum Gasteiger partial charge on any atom is -0.495 e. The van der Waals surface area contributed by atoms with Gasteiger partial charge in [0.2, 0.25) is 0 Å². The Morgan fingerprint density at radius 3 is 2.41 bits per heavy atom. The Hall–Kier alpha value is -1.18. The molecule has 0 bridgehead atoms. The molecule has 2 rings (SSSR count). The third-order valence-corrected chi connectivity index (χ3v) is 4.37. The van der Waals surface area contributed by atoms with Gasteiger partial charge in [0.05, 0.1) is 30.5 Å². The first-order valence-electron chi connectivity index (χ1n) is 6.14. The van der Waals surface area contributed by atoms with Crippen LogP contribution in [0.5, 0.6) is 11.5 Å². The summed E-state index contributed by atoms with van der Waals surface area (Å²) in [6, 6.07) is 8.30. The summed E-state index contributed by atoms with van der Waals surface area (Å²) in [5.74, 6) is 0.618. The van der Waals surface area contributed by atoms with Gasteiger partial charge in [0.25, 0.3) is 5.91 Å². The minimum absolute atomic E-state index is 0.300. The largest absolute Gasteiger partial charge is 0.495 e. The second-order valence-corrected chi connectivity index (χ2v) is 6.27. The first kappa shape index (κ1) is 17.2. The first-order valence-corrected chi connectivity index (χ1v) is 7.97. The van der Waals surface area contributed by atoms with Crippen molar-refractivity contribution in [1.82, 2.24) is 0 Å². The zero-order chi connectivity index (χ0) is 16.3. The number of carbonyl (C=O) groups is 1. The van der Waals surface area contributed by atoms with Gasteiger partial charge < -0.3 is 14.8 Å². The third-order valence-electron chi connectivity index (χ3n) is 2.90. The number of hydrogen-bond acceptors (Lipinski definition) is 3. The van der Waals surface area contributed by atoms with Gasteiger partial charge in [-0.25, -0.2) is 0 Å². The summed E-state index contributed by atoms with van der Waals surface area (Å²) >= 11 is 14.1. The lowest BCUT2D eigenvalue weighted by Crippen LogP contribution is -2.14. The average Bonchev–Trinajstić information content (AvgIpc) is 2.50. The van der Waals surface area contributed by atoms with Crippen molar-refractivity contribution < 1.29 is 14.3 Å². The number of carbonyl (C=O) groups excluding carboxylic acids is 1. The Morgan fingerprint density at radius 2 is 1.77 bits per heavy atom. The summed E-state index contributed by atoms with van der Waals surface area (Å²) in [6.45, 7) is 0. The molecule has 0 aliphatic carbocycles.